The Kier molecular flexibility index (Phi) is 2.75. The Balaban J connectivity index is 1.80. The highest BCUT2D eigenvalue weighted by Crippen LogP contribution is 2.22. The average molecular weight is 236 g/mol. The summed E-state index contributed by atoms with van der Waals surface area (Å²) in [6.07, 6.45) is 4.74. The first-order chi connectivity index (χ1) is 8.92. The van der Waals surface area contributed by atoms with Crippen molar-refractivity contribution in [1.82, 2.24) is 9.97 Å². The van der Waals surface area contributed by atoms with Gasteiger partial charge in [-0.1, -0.05) is 0 Å². The van der Waals surface area contributed by atoms with E-state index >= 15 is 0 Å². The number of hydrogen-bond donors (Lipinski definition) is 1. The molecule has 18 heavy (non-hydrogen) atoms. The van der Waals surface area contributed by atoms with Crippen molar-refractivity contribution in [2.45, 2.75) is 0 Å². The van der Waals surface area contributed by atoms with Crippen LogP contribution in [0.5, 0.6) is 0 Å². The minimum Gasteiger partial charge on any atom is -0.444 e. The van der Waals surface area contributed by atoms with Crippen molar-refractivity contribution < 1.29 is 4.42 Å². The fourth-order valence-electron chi connectivity index (χ4n) is 1.62. The molecule has 0 atom stereocenters. The van der Waals surface area contributed by atoms with E-state index in [2.05, 4.69) is 21.4 Å². The van der Waals surface area contributed by atoms with E-state index in [1.807, 2.05) is 36.4 Å². The summed E-state index contributed by atoms with van der Waals surface area (Å²) in [5.41, 5.74) is 1.96. The summed E-state index contributed by atoms with van der Waals surface area (Å²) in [4.78, 5) is 8.04. The molecule has 0 spiro atoms. The molecule has 0 saturated heterocycles. The van der Waals surface area contributed by atoms with Crippen LogP contribution in [0.4, 0.5) is 11.5 Å². The van der Waals surface area contributed by atoms with Gasteiger partial charge >= 0.3 is 0 Å². The molecule has 4 nitrogen and oxygen atoms in total. The molecule has 87 valence electrons. The van der Waals surface area contributed by atoms with Crippen LogP contribution in [-0.4, -0.2) is 9.97 Å². The van der Waals surface area contributed by atoms with E-state index < -0.39 is 0 Å². The first-order valence-electron chi connectivity index (χ1n) is 5.50. The van der Waals surface area contributed by atoms with Crippen LogP contribution in [-0.2, 0) is 0 Å². The third kappa shape index (κ3) is 2.22. The molecular weight excluding hydrogens is 226 g/mol. The Morgan fingerprint density at radius 3 is 2.67 bits per heavy atom. The second kappa shape index (κ2) is 4.71. The summed E-state index contributed by atoms with van der Waals surface area (Å²) in [7, 11) is 0. The zero-order valence-corrected chi connectivity index (χ0v) is 9.50. The van der Waals surface area contributed by atoms with Gasteiger partial charge in [-0.2, -0.15) is 0 Å². The maximum Gasteiger partial charge on any atom is 0.181 e. The van der Waals surface area contributed by atoms with Crippen LogP contribution in [0, 0.1) is 6.07 Å². The van der Waals surface area contributed by atoms with Gasteiger partial charge < -0.3 is 9.73 Å². The minimum absolute atomic E-state index is 0.758. The normalized spacial score (nSPS) is 10.2. The molecule has 2 heterocycles. The number of benzene rings is 1. The van der Waals surface area contributed by atoms with E-state index in [1.165, 1.54) is 6.39 Å². The molecule has 1 aromatic carbocycles. The number of oxazole rings is 1. The van der Waals surface area contributed by atoms with Gasteiger partial charge in [0.2, 0.25) is 0 Å². The van der Waals surface area contributed by atoms with Gasteiger partial charge in [0.25, 0.3) is 0 Å². The molecule has 0 amide bonds. The van der Waals surface area contributed by atoms with Crippen LogP contribution in [0.15, 0.2) is 59.6 Å². The van der Waals surface area contributed by atoms with Gasteiger partial charge in [-0.25, -0.2) is 9.97 Å². The third-order valence-corrected chi connectivity index (χ3v) is 2.49. The smallest absolute Gasteiger partial charge is 0.181 e. The largest absolute Gasteiger partial charge is 0.444 e. The van der Waals surface area contributed by atoms with Crippen LogP contribution < -0.4 is 5.32 Å². The zero-order valence-electron chi connectivity index (χ0n) is 9.50. The Bertz CT molecular complexity index is 603. The number of rotatable bonds is 3. The van der Waals surface area contributed by atoms with Crippen molar-refractivity contribution in [1.29, 1.82) is 0 Å². The lowest BCUT2D eigenvalue weighted by Gasteiger charge is -2.05. The molecule has 3 rings (SSSR count). The van der Waals surface area contributed by atoms with Gasteiger partial charge in [0.15, 0.2) is 12.2 Å². The Morgan fingerprint density at radius 2 is 2.00 bits per heavy atom. The van der Waals surface area contributed by atoms with Gasteiger partial charge in [-0.15, -0.1) is 0 Å². The van der Waals surface area contributed by atoms with E-state index in [-0.39, 0.29) is 0 Å². The summed E-state index contributed by atoms with van der Waals surface area (Å²) >= 11 is 0. The number of aromatic nitrogens is 2. The highest BCUT2D eigenvalue weighted by Gasteiger charge is 2.01. The number of pyridine rings is 1. The zero-order chi connectivity index (χ0) is 12.2. The average Bonchev–Trinajstić information content (AvgIpc) is 2.95. The molecule has 3 aromatic rings. The molecule has 1 radical (unpaired) electrons. The molecule has 4 heteroatoms. The summed E-state index contributed by atoms with van der Waals surface area (Å²) in [5, 5.41) is 3.20. The third-order valence-electron chi connectivity index (χ3n) is 2.49. The number of nitrogens with one attached hydrogen (secondary N) is 1. The SMILES string of the molecule is [c]1ccc(Nc2ccc(-c3cnco3)cc2)nc1. The quantitative estimate of drug-likeness (QED) is 0.758. The second-order valence-electron chi connectivity index (χ2n) is 3.71. The summed E-state index contributed by atoms with van der Waals surface area (Å²) in [5.74, 6) is 1.55. The minimum atomic E-state index is 0.758. The van der Waals surface area contributed by atoms with Gasteiger partial charge in [0.1, 0.15) is 5.82 Å². The summed E-state index contributed by atoms with van der Waals surface area (Å²) < 4.78 is 5.23. The van der Waals surface area contributed by atoms with E-state index in [1.54, 1.807) is 12.4 Å². The van der Waals surface area contributed by atoms with Crippen LogP contribution in [0.2, 0.25) is 0 Å². The van der Waals surface area contributed by atoms with E-state index in [0.29, 0.717) is 0 Å². The highest BCUT2D eigenvalue weighted by atomic mass is 16.3. The molecule has 1 N–H and O–H groups in total. The monoisotopic (exact) mass is 236 g/mol. The standard InChI is InChI=1S/C14H10N3O/c1-2-8-16-14(3-1)17-12-6-4-11(5-7-12)13-9-15-10-18-13/h1,3-10H,(H,16,17). The van der Waals surface area contributed by atoms with Crippen LogP contribution in [0.25, 0.3) is 11.3 Å². The van der Waals surface area contributed by atoms with Gasteiger partial charge in [-0.05, 0) is 36.4 Å². The first-order valence-corrected chi connectivity index (χ1v) is 5.50. The van der Waals surface area contributed by atoms with Gasteiger partial charge in [0.05, 0.1) is 6.20 Å². The van der Waals surface area contributed by atoms with Crippen LogP contribution >= 0.6 is 0 Å². The number of nitrogens with zero attached hydrogens (tertiary/aromatic N) is 2. The molecule has 0 bridgehead atoms. The van der Waals surface area contributed by atoms with E-state index in [9.17, 15) is 0 Å². The van der Waals surface area contributed by atoms with Crippen molar-refractivity contribution in [3.05, 3.63) is 61.3 Å². The highest BCUT2D eigenvalue weighted by molar-refractivity contribution is 5.63. The molecule has 0 aliphatic carbocycles. The molecule has 0 aliphatic rings. The lowest BCUT2D eigenvalue weighted by Crippen LogP contribution is -1.92. The maximum absolute atomic E-state index is 5.23. The van der Waals surface area contributed by atoms with Gasteiger partial charge in [-0.3, -0.25) is 0 Å². The molecule has 0 unspecified atom stereocenters. The van der Waals surface area contributed by atoms with Crippen molar-refractivity contribution in [2.24, 2.45) is 0 Å². The van der Waals surface area contributed by atoms with Crippen molar-refractivity contribution in [3.8, 4) is 11.3 Å². The van der Waals surface area contributed by atoms with Crippen LogP contribution in [0.1, 0.15) is 0 Å². The lowest BCUT2D eigenvalue weighted by molar-refractivity contribution is 0.572. The Hall–Kier alpha value is -2.62. The Morgan fingerprint density at radius 1 is 1.11 bits per heavy atom. The molecule has 0 fully saturated rings. The fraction of sp³-hybridized carbons (Fsp3) is 0. The molecule has 0 aliphatic heterocycles. The first kappa shape index (κ1) is 10.5. The van der Waals surface area contributed by atoms with Crippen LogP contribution in [0.3, 0.4) is 0 Å². The summed E-state index contributed by atoms with van der Waals surface area (Å²) in [6, 6.07) is 14.4. The predicted molar refractivity (Wildman–Crippen MR) is 68.3 cm³/mol. The topological polar surface area (TPSA) is 51.0 Å². The van der Waals surface area contributed by atoms with E-state index in [0.717, 1.165) is 22.8 Å². The van der Waals surface area contributed by atoms with Crippen molar-refractivity contribution in [3.63, 3.8) is 0 Å². The number of hydrogen-bond acceptors (Lipinski definition) is 4. The fourth-order valence-corrected chi connectivity index (χ4v) is 1.62. The lowest BCUT2D eigenvalue weighted by atomic mass is 10.2. The molecule has 0 saturated carbocycles. The Labute approximate surface area is 104 Å². The molecular formula is C14H10N3O. The maximum atomic E-state index is 5.23. The molecule has 2 aromatic heterocycles. The second-order valence-corrected chi connectivity index (χ2v) is 3.71. The van der Waals surface area contributed by atoms with Crippen molar-refractivity contribution >= 4 is 11.5 Å². The number of anilines is 2. The van der Waals surface area contributed by atoms with E-state index in [4.69, 9.17) is 4.42 Å². The summed E-state index contributed by atoms with van der Waals surface area (Å²) in [6.45, 7) is 0. The predicted octanol–water partition coefficient (Wildman–Crippen LogP) is 3.28. The van der Waals surface area contributed by atoms with Crippen molar-refractivity contribution in [2.75, 3.05) is 5.32 Å². The van der Waals surface area contributed by atoms with Gasteiger partial charge in [0, 0.05) is 23.5 Å².